The molecule has 8 nitrogen and oxygen atoms in total. The predicted molar refractivity (Wildman–Crippen MR) is 150 cm³/mol. The first kappa shape index (κ1) is 29.9. The van der Waals surface area contributed by atoms with Crippen LogP contribution in [0.5, 0.6) is 0 Å². The maximum Gasteiger partial charge on any atom is 0.251 e. The molecule has 1 fully saturated rings. The molecule has 3 atom stereocenters. The molecule has 3 N–H and O–H groups in total. The number of β-amino-alcohol motifs (C(OH)–C–C–N with tert-alkyl or cyclic N) is 2. The van der Waals surface area contributed by atoms with Gasteiger partial charge < -0.3 is 15.5 Å². The number of carbonyl (C=O) groups is 2. The molecule has 2 aromatic rings. The van der Waals surface area contributed by atoms with E-state index in [2.05, 4.69) is 20.0 Å². The molecule has 1 unspecified atom stereocenters. The Hall–Kier alpha value is -2.62. The average Bonchev–Trinajstić information content (AvgIpc) is 2.96. The third-order valence-electron chi connectivity index (χ3n) is 6.94. The Morgan fingerprint density at radius 1 is 0.763 bits per heavy atom. The second-order valence-corrected chi connectivity index (χ2v) is 10.6. The molecule has 1 heterocycles. The van der Waals surface area contributed by atoms with Crippen LogP contribution in [0.15, 0.2) is 54.6 Å². The molecule has 3 rings (SSSR count). The van der Waals surface area contributed by atoms with Crippen molar-refractivity contribution in [1.82, 2.24) is 20.0 Å². The Bertz CT molecular complexity index is 975. The standard InChI is InChI=1S/C30H44N4O4/c1-23(35)20-32-13-14-33(21-24(2)36)16-18-34(17-15-32)22-27-9-11-28(12-10-27)30(38)31-29(25(3)37)19-26-7-5-4-6-8-26/h4-12,23-24,29,35-36H,13-22H2,1-3H3,(H,31,38)/t23-,24-,29?/m0/s1. The largest absolute Gasteiger partial charge is 0.392 e. The number of rotatable bonds is 11. The number of aliphatic hydroxyl groups excluding tert-OH is 2. The molecule has 0 radical (unpaired) electrons. The Morgan fingerprint density at radius 2 is 1.26 bits per heavy atom. The molecule has 1 aliphatic heterocycles. The van der Waals surface area contributed by atoms with Gasteiger partial charge in [-0.2, -0.15) is 0 Å². The van der Waals surface area contributed by atoms with Crippen molar-refractivity contribution in [2.45, 2.75) is 52.0 Å². The molecule has 0 saturated carbocycles. The Kier molecular flexibility index (Phi) is 11.9. The monoisotopic (exact) mass is 524 g/mol. The highest BCUT2D eigenvalue weighted by Gasteiger charge is 2.20. The first-order valence-electron chi connectivity index (χ1n) is 13.7. The quantitative estimate of drug-likeness (QED) is 0.413. The highest BCUT2D eigenvalue weighted by molar-refractivity contribution is 5.97. The van der Waals surface area contributed by atoms with Gasteiger partial charge in [0.2, 0.25) is 0 Å². The van der Waals surface area contributed by atoms with E-state index in [0.717, 1.165) is 56.9 Å². The highest BCUT2D eigenvalue weighted by Crippen LogP contribution is 2.11. The Labute approximate surface area is 227 Å². The van der Waals surface area contributed by atoms with Crippen LogP contribution in [0.4, 0.5) is 0 Å². The van der Waals surface area contributed by atoms with E-state index in [0.29, 0.717) is 25.1 Å². The maximum atomic E-state index is 12.9. The van der Waals surface area contributed by atoms with E-state index in [4.69, 9.17) is 0 Å². The van der Waals surface area contributed by atoms with Gasteiger partial charge in [-0.05, 0) is 50.5 Å². The molecule has 0 bridgehead atoms. The zero-order valence-corrected chi connectivity index (χ0v) is 23.1. The first-order valence-corrected chi connectivity index (χ1v) is 13.7. The molecule has 1 aliphatic rings. The van der Waals surface area contributed by atoms with Gasteiger partial charge in [-0.15, -0.1) is 0 Å². The van der Waals surface area contributed by atoms with Crippen molar-refractivity contribution in [1.29, 1.82) is 0 Å². The van der Waals surface area contributed by atoms with Crippen LogP contribution in [0, 0.1) is 0 Å². The summed E-state index contributed by atoms with van der Waals surface area (Å²) in [6, 6.07) is 16.7. The lowest BCUT2D eigenvalue weighted by molar-refractivity contribution is -0.118. The van der Waals surface area contributed by atoms with E-state index < -0.39 is 6.04 Å². The molecule has 8 heteroatoms. The fourth-order valence-corrected chi connectivity index (χ4v) is 4.86. The molecule has 0 aromatic heterocycles. The van der Waals surface area contributed by atoms with Crippen LogP contribution in [0.3, 0.4) is 0 Å². The van der Waals surface area contributed by atoms with E-state index >= 15 is 0 Å². The summed E-state index contributed by atoms with van der Waals surface area (Å²) in [6.07, 6.45) is -0.306. The normalized spacial score (nSPS) is 18.6. The van der Waals surface area contributed by atoms with Gasteiger partial charge in [0.15, 0.2) is 5.78 Å². The third-order valence-corrected chi connectivity index (χ3v) is 6.94. The van der Waals surface area contributed by atoms with Crippen LogP contribution in [0.2, 0.25) is 0 Å². The highest BCUT2D eigenvalue weighted by atomic mass is 16.3. The molecule has 0 spiro atoms. The second kappa shape index (κ2) is 15.1. The van der Waals surface area contributed by atoms with Crippen LogP contribution >= 0.6 is 0 Å². The first-order chi connectivity index (χ1) is 18.2. The van der Waals surface area contributed by atoms with E-state index in [-0.39, 0.29) is 23.9 Å². The molecule has 38 heavy (non-hydrogen) atoms. The number of amides is 1. The summed E-state index contributed by atoms with van der Waals surface area (Å²) in [4.78, 5) is 32.0. The zero-order chi connectivity index (χ0) is 27.5. The van der Waals surface area contributed by atoms with Crippen molar-refractivity contribution in [2.24, 2.45) is 0 Å². The van der Waals surface area contributed by atoms with Crippen LogP contribution in [0.25, 0.3) is 0 Å². The second-order valence-electron chi connectivity index (χ2n) is 10.6. The van der Waals surface area contributed by atoms with Crippen molar-refractivity contribution < 1.29 is 19.8 Å². The Morgan fingerprint density at radius 3 is 1.74 bits per heavy atom. The molecule has 0 aliphatic carbocycles. The molecule has 2 aromatic carbocycles. The summed E-state index contributed by atoms with van der Waals surface area (Å²) in [5, 5.41) is 22.7. The van der Waals surface area contributed by atoms with Gasteiger partial charge in [-0.3, -0.25) is 24.3 Å². The van der Waals surface area contributed by atoms with E-state index in [1.165, 1.54) is 6.92 Å². The molecular weight excluding hydrogens is 480 g/mol. The summed E-state index contributed by atoms with van der Waals surface area (Å²) < 4.78 is 0. The van der Waals surface area contributed by atoms with E-state index in [1.807, 2.05) is 68.4 Å². The minimum Gasteiger partial charge on any atom is -0.392 e. The van der Waals surface area contributed by atoms with Gasteiger partial charge in [-0.25, -0.2) is 0 Å². The topological polar surface area (TPSA) is 96.4 Å². The van der Waals surface area contributed by atoms with Crippen LogP contribution < -0.4 is 5.32 Å². The smallest absolute Gasteiger partial charge is 0.251 e. The fraction of sp³-hybridized carbons (Fsp3) is 0.533. The third kappa shape index (κ3) is 10.3. The molecular formula is C30H44N4O4. The number of carbonyl (C=O) groups excluding carboxylic acids is 2. The zero-order valence-electron chi connectivity index (χ0n) is 23.1. The summed E-state index contributed by atoms with van der Waals surface area (Å²) in [5.41, 5.74) is 2.65. The summed E-state index contributed by atoms with van der Waals surface area (Å²) in [5.74, 6) is -0.320. The summed E-state index contributed by atoms with van der Waals surface area (Å²) in [6.45, 7) is 12.3. The summed E-state index contributed by atoms with van der Waals surface area (Å²) >= 11 is 0. The van der Waals surface area contributed by atoms with Gasteiger partial charge >= 0.3 is 0 Å². The molecule has 208 valence electrons. The molecule has 1 saturated heterocycles. The Balaban J connectivity index is 1.61. The number of nitrogens with one attached hydrogen (secondary N) is 1. The number of Topliss-reactive ketones (excluding diaryl/α,β-unsaturated/α-hetero) is 1. The van der Waals surface area contributed by atoms with Crippen molar-refractivity contribution in [3.05, 3.63) is 71.3 Å². The van der Waals surface area contributed by atoms with Crippen LogP contribution in [0.1, 0.15) is 42.3 Å². The van der Waals surface area contributed by atoms with Gasteiger partial charge in [0.25, 0.3) is 5.91 Å². The number of nitrogens with zero attached hydrogens (tertiary/aromatic N) is 3. The van der Waals surface area contributed by atoms with E-state index in [9.17, 15) is 19.8 Å². The number of benzene rings is 2. The lowest BCUT2D eigenvalue weighted by Crippen LogP contribution is -2.41. The number of hydrogen-bond donors (Lipinski definition) is 3. The number of ketones is 1. The van der Waals surface area contributed by atoms with Crippen LogP contribution in [-0.4, -0.2) is 107 Å². The maximum absolute atomic E-state index is 12.9. The van der Waals surface area contributed by atoms with E-state index in [1.54, 1.807) is 0 Å². The lowest BCUT2D eigenvalue weighted by atomic mass is 10.0. The van der Waals surface area contributed by atoms with Crippen molar-refractivity contribution in [2.75, 3.05) is 52.4 Å². The van der Waals surface area contributed by atoms with Gasteiger partial charge in [0.05, 0.1) is 18.2 Å². The molecule has 1 amide bonds. The summed E-state index contributed by atoms with van der Waals surface area (Å²) in [7, 11) is 0. The van der Waals surface area contributed by atoms with Gasteiger partial charge in [-0.1, -0.05) is 42.5 Å². The van der Waals surface area contributed by atoms with Crippen molar-refractivity contribution >= 4 is 11.7 Å². The van der Waals surface area contributed by atoms with Crippen LogP contribution in [-0.2, 0) is 17.8 Å². The minimum atomic E-state index is -0.566. The fourth-order valence-electron chi connectivity index (χ4n) is 4.86. The SMILES string of the molecule is CC(=O)C(Cc1ccccc1)NC(=O)c1ccc(CN2CCN(C[C@H](C)O)CCN(C[C@H](C)O)CC2)cc1. The lowest BCUT2D eigenvalue weighted by Gasteiger charge is -2.27. The predicted octanol–water partition coefficient (Wildman–Crippen LogP) is 1.80. The average molecular weight is 525 g/mol. The number of aliphatic hydroxyl groups is 2. The number of hydrogen-bond acceptors (Lipinski definition) is 7. The minimum absolute atomic E-state index is 0.0684. The van der Waals surface area contributed by atoms with Crippen molar-refractivity contribution in [3.63, 3.8) is 0 Å². The van der Waals surface area contributed by atoms with Crippen molar-refractivity contribution in [3.8, 4) is 0 Å². The van der Waals surface area contributed by atoms with Gasteiger partial charge in [0, 0.05) is 64.5 Å². The van der Waals surface area contributed by atoms with Gasteiger partial charge in [0.1, 0.15) is 0 Å².